The molecule has 0 aromatic heterocycles. The number of nitrogens with one attached hydrogen (secondary N) is 1. The molecule has 0 saturated heterocycles. The Hall–Kier alpha value is -4.27. The van der Waals surface area contributed by atoms with E-state index in [0.29, 0.717) is 16.0 Å². The Kier molecular flexibility index (Phi) is 7.05. The first-order valence-electron chi connectivity index (χ1n) is 10.1. The minimum atomic E-state index is -0.697. The second-order valence-electron chi connectivity index (χ2n) is 7.22. The highest BCUT2D eigenvalue weighted by Crippen LogP contribution is 2.29. The second kappa shape index (κ2) is 10.3. The van der Waals surface area contributed by atoms with E-state index in [1.54, 1.807) is 12.1 Å². The van der Waals surface area contributed by atoms with Gasteiger partial charge in [0.2, 0.25) is 0 Å². The normalized spacial score (nSPS) is 10.9. The molecule has 0 aliphatic heterocycles. The van der Waals surface area contributed by atoms with Crippen molar-refractivity contribution in [3.05, 3.63) is 116 Å². The molecule has 10 heteroatoms. The standard InChI is InChI=1S/C25H15Cl2N3O5/c26-17-9-10-20(22(27)13-17)25(32)35-23-11-8-15-4-1-2-7-19(15)21(23)14-28-29-24(31)16-5-3-6-18(12-16)30(33)34/h1-14H,(H,29,31). The highest BCUT2D eigenvalue weighted by atomic mass is 35.5. The molecule has 0 aliphatic rings. The predicted molar refractivity (Wildman–Crippen MR) is 134 cm³/mol. The van der Waals surface area contributed by atoms with E-state index in [-0.39, 0.29) is 27.6 Å². The summed E-state index contributed by atoms with van der Waals surface area (Å²) in [4.78, 5) is 35.6. The van der Waals surface area contributed by atoms with Gasteiger partial charge in [-0.25, -0.2) is 10.2 Å². The van der Waals surface area contributed by atoms with Gasteiger partial charge in [-0.15, -0.1) is 0 Å². The summed E-state index contributed by atoms with van der Waals surface area (Å²) in [6.07, 6.45) is 1.34. The number of esters is 1. The monoisotopic (exact) mass is 507 g/mol. The fourth-order valence-electron chi connectivity index (χ4n) is 3.29. The maximum Gasteiger partial charge on any atom is 0.345 e. The van der Waals surface area contributed by atoms with Crippen LogP contribution in [0, 0.1) is 10.1 Å². The molecule has 0 atom stereocenters. The van der Waals surface area contributed by atoms with Crippen LogP contribution >= 0.6 is 23.2 Å². The Balaban J connectivity index is 1.63. The molecule has 0 heterocycles. The van der Waals surface area contributed by atoms with E-state index < -0.39 is 16.8 Å². The molecule has 0 unspecified atom stereocenters. The topological polar surface area (TPSA) is 111 Å². The van der Waals surface area contributed by atoms with Gasteiger partial charge in [0, 0.05) is 28.3 Å². The van der Waals surface area contributed by atoms with Crippen molar-refractivity contribution in [1.82, 2.24) is 5.43 Å². The van der Waals surface area contributed by atoms with E-state index in [4.69, 9.17) is 27.9 Å². The Morgan fingerprint density at radius 3 is 2.54 bits per heavy atom. The number of amides is 1. The van der Waals surface area contributed by atoms with Crippen molar-refractivity contribution in [3.63, 3.8) is 0 Å². The summed E-state index contributed by atoms with van der Waals surface area (Å²) in [5.41, 5.74) is 2.75. The maximum atomic E-state index is 12.8. The number of non-ortho nitro benzene ring substituents is 1. The third kappa shape index (κ3) is 5.46. The van der Waals surface area contributed by atoms with Crippen LogP contribution in [0.15, 0.2) is 84.0 Å². The van der Waals surface area contributed by atoms with Crippen LogP contribution in [0.5, 0.6) is 5.75 Å². The molecule has 0 fully saturated rings. The van der Waals surface area contributed by atoms with Crippen LogP contribution in [0.25, 0.3) is 10.8 Å². The zero-order valence-corrected chi connectivity index (χ0v) is 19.3. The van der Waals surface area contributed by atoms with Gasteiger partial charge in [-0.3, -0.25) is 14.9 Å². The van der Waals surface area contributed by atoms with Crippen molar-refractivity contribution < 1.29 is 19.2 Å². The minimum absolute atomic E-state index is 0.0679. The van der Waals surface area contributed by atoms with Crippen LogP contribution in [0.4, 0.5) is 5.69 Å². The number of hydrogen-bond donors (Lipinski definition) is 1. The van der Waals surface area contributed by atoms with Crippen molar-refractivity contribution in [3.8, 4) is 5.75 Å². The highest BCUT2D eigenvalue weighted by Gasteiger charge is 2.17. The average Bonchev–Trinajstić information content (AvgIpc) is 2.85. The molecule has 0 aliphatic carbocycles. The zero-order valence-electron chi connectivity index (χ0n) is 17.8. The number of hydrogen-bond acceptors (Lipinski definition) is 6. The third-order valence-electron chi connectivity index (χ3n) is 4.96. The number of benzene rings is 4. The smallest absolute Gasteiger partial charge is 0.345 e. The molecule has 0 spiro atoms. The van der Waals surface area contributed by atoms with E-state index >= 15 is 0 Å². The lowest BCUT2D eigenvalue weighted by Crippen LogP contribution is -2.18. The summed E-state index contributed by atoms with van der Waals surface area (Å²) in [5, 5.41) is 17.0. The van der Waals surface area contributed by atoms with Crippen molar-refractivity contribution in [2.75, 3.05) is 0 Å². The first-order chi connectivity index (χ1) is 16.8. The van der Waals surface area contributed by atoms with E-state index in [1.807, 2.05) is 24.3 Å². The van der Waals surface area contributed by atoms with Gasteiger partial charge in [0.1, 0.15) is 5.75 Å². The van der Waals surface area contributed by atoms with Crippen molar-refractivity contribution >= 4 is 57.8 Å². The molecule has 4 aromatic carbocycles. The highest BCUT2D eigenvalue weighted by molar-refractivity contribution is 6.36. The lowest BCUT2D eigenvalue weighted by Gasteiger charge is -2.11. The molecule has 174 valence electrons. The molecule has 0 radical (unpaired) electrons. The number of nitrogens with zero attached hydrogens (tertiary/aromatic N) is 2. The molecule has 1 N–H and O–H groups in total. The van der Waals surface area contributed by atoms with Crippen LogP contribution in [-0.4, -0.2) is 23.0 Å². The number of nitro groups is 1. The molecule has 35 heavy (non-hydrogen) atoms. The average molecular weight is 508 g/mol. The third-order valence-corrected chi connectivity index (χ3v) is 5.51. The van der Waals surface area contributed by atoms with Crippen LogP contribution in [0.2, 0.25) is 10.0 Å². The second-order valence-corrected chi connectivity index (χ2v) is 8.06. The molecular formula is C25H15Cl2N3O5. The van der Waals surface area contributed by atoms with E-state index in [1.165, 1.54) is 42.6 Å². The number of fused-ring (bicyclic) bond motifs is 1. The Morgan fingerprint density at radius 1 is 0.971 bits per heavy atom. The summed E-state index contributed by atoms with van der Waals surface area (Å²) in [6.45, 7) is 0. The summed E-state index contributed by atoms with van der Waals surface area (Å²) >= 11 is 12.0. The molecule has 0 saturated carbocycles. The fourth-order valence-corrected chi connectivity index (χ4v) is 3.77. The van der Waals surface area contributed by atoms with Crippen LogP contribution < -0.4 is 10.2 Å². The quantitative estimate of drug-likeness (QED) is 0.112. The number of carbonyl (C=O) groups is 2. The van der Waals surface area contributed by atoms with E-state index in [2.05, 4.69) is 10.5 Å². The Labute approximate surface area is 208 Å². The Morgan fingerprint density at radius 2 is 1.77 bits per heavy atom. The minimum Gasteiger partial charge on any atom is -0.422 e. The first kappa shape index (κ1) is 23.9. The van der Waals surface area contributed by atoms with Gasteiger partial charge in [0.25, 0.3) is 11.6 Å². The van der Waals surface area contributed by atoms with Gasteiger partial charge in [-0.05, 0) is 41.1 Å². The summed E-state index contributed by atoms with van der Waals surface area (Å²) < 4.78 is 5.60. The van der Waals surface area contributed by atoms with Gasteiger partial charge in [-0.2, -0.15) is 5.10 Å². The number of carbonyl (C=O) groups excluding carboxylic acids is 2. The van der Waals surface area contributed by atoms with Crippen molar-refractivity contribution in [2.45, 2.75) is 0 Å². The molecular weight excluding hydrogens is 493 g/mol. The number of ether oxygens (including phenoxy) is 1. The molecule has 0 bridgehead atoms. The lowest BCUT2D eigenvalue weighted by molar-refractivity contribution is -0.384. The van der Waals surface area contributed by atoms with Crippen LogP contribution in [-0.2, 0) is 0 Å². The number of nitro benzene ring substituents is 1. The molecule has 1 amide bonds. The van der Waals surface area contributed by atoms with Crippen LogP contribution in [0.3, 0.4) is 0 Å². The van der Waals surface area contributed by atoms with Gasteiger partial charge >= 0.3 is 5.97 Å². The first-order valence-corrected chi connectivity index (χ1v) is 10.9. The van der Waals surface area contributed by atoms with Gasteiger partial charge in [-0.1, -0.05) is 59.6 Å². The zero-order chi connectivity index (χ0) is 24.9. The van der Waals surface area contributed by atoms with Gasteiger partial charge < -0.3 is 4.74 Å². The largest absolute Gasteiger partial charge is 0.422 e. The Bertz CT molecular complexity index is 1500. The summed E-state index contributed by atoms with van der Waals surface area (Å²) in [7, 11) is 0. The number of rotatable bonds is 6. The fraction of sp³-hybridized carbons (Fsp3) is 0. The summed E-state index contributed by atoms with van der Waals surface area (Å²) in [6, 6.07) is 20.4. The summed E-state index contributed by atoms with van der Waals surface area (Å²) in [5.74, 6) is -1.15. The van der Waals surface area contributed by atoms with Crippen molar-refractivity contribution in [1.29, 1.82) is 0 Å². The maximum absolute atomic E-state index is 12.8. The van der Waals surface area contributed by atoms with Crippen LogP contribution in [0.1, 0.15) is 26.3 Å². The number of hydrazone groups is 1. The van der Waals surface area contributed by atoms with Gasteiger partial charge in [0.15, 0.2) is 0 Å². The SMILES string of the molecule is O=C(NN=Cc1c(OC(=O)c2ccc(Cl)cc2Cl)ccc2ccccc12)c1cccc([N+](=O)[O-])c1. The molecule has 8 nitrogen and oxygen atoms in total. The molecule has 4 rings (SSSR count). The van der Waals surface area contributed by atoms with E-state index in [9.17, 15) is 19.7 Å². The molecule has 4 aromatic rings. The number of halogens is 2. The van der Waals surface area contributed by atoms with Crippen molar-refractivity contribution in [2.24, 2.45) is 5.10 Å². The van der Waals surface area contributed by atoms with Gasteiger partial charge in [0.05, 0.1) is 21.7 Å². The lowest BCUT2D eigenvalue weighted by atomic mass is 10.0. The van der Waals surface area contributed by atoms with E-state index in [0.717, 1.165) is 11.5 Å². The predicted octanol–water partition coefficient (Wildman–Crippen LogP) is 6.04.